The van der Waals surface area contributed by atoms with Crippen molar-refractivity contribution in [2.75, 3.05) is 20.6 Å². The van der Waals surface area contributed by atoms with Crippen LogP contribution in [0.4, 0.5) is 0 Å². The third-order valence-electron chi connectivity index (χ3n) is 3.86. The summed E-state index contributed by atoms with van der Waals surface area (Å²) in [5, 5.41) is 11.8. The van der Waals surface area contributed by atoms with Crippen LogP contribution in [0.2, 0.25) is 0 Å². The highest BCUT2D eigenvalue weighted by Crippen LogP contribution is 2.13. The third-order valence-corrected chi connectivity index (χ3v) is 5.32. The van der Waals surface area contributed by atoms with E-state index in [1.807, 2.05) is 44.4 Å². The highest BCUT2D eigenvalue weighted by atomic mass is 32.2. The molecule has 2 aromatic rings. The zero-order chi connectivity index (χ0) is 19.9. The Hall–Kier alpha value is -2.73. The second-order valence-corrected chi connectivity index (χ2v) is 8.10. The first-order chi connectivity index (χ1) is 12.8. The molecular formula is C19H23N4O3S+. The molecule has 142 valence electrons. The van der Waals surface area contributed by atoms with Gasteiger partial charge >= 0.3 is 0 Å². The van der Waals surface area contributed by atoms with Crippen molar-refractivity contribution >= 4 is 15.9 Å². The quantitative estimate of drug-likeness (QED) is 0.583. The van der Waals surface area contributed by atoms with Crippen LogP contribution in [0.1, 0.15) is 16.7 Å². The lowest BCUT2D eigenvalue weighted by Crippen LogP contribution is -3.04. The van der Waals surface area contributed by atoms with Crippen LogP contribution in [0.25, 0.3) is 0 Å². The molecule has 1 amide bonds. The highest BCUT2D eigenvalue weighted by Gasteiger charge is 2.19. The Kier molecular flexibility index (Phi) is 7.07. The van der Waals surface area contributed by atoms with E-state index < -0.39 is 22.5 Å². The second kappa shape index (κ2) is 9.28. The molecule has 0 fully saturated rings. The Bertz CT molecular complexity index is 949. The SMILES string of the molecule is C[NH+](C)Cc1ccccc1CNC(=O)CNS(=O)(=O)c1ccccc1C#N. The number of carbonyl (C=O) groups is 1. The normalized spacial score (nSPS) is 11.2. The van der Waals surface area contributed by atoms with Crippen LogP contribution in [0.3, 0.4) is 0 Å². The highest BCUT2D eigenvalue weighted by molar-refractivity contribution is 7.89. The number of sulfonamides is 1. The third kappa shape index (κ3) is 5.89. The minimum absolute atomic E-state index is 0.0329. The van der Waals surface area contributed by atoms with Crippen molar-refractivity contribution in [2.24, 2.45) is 0 Å². The maximum atomic E-state index is 12.3. The van der Waals surface area contributed by atoms with Gasteiger partial charge in [0.25, 0.3) is 0 Å². The Balaban J connectivity index is 1.96. The molecule has 0 saturated heterocycles. The Morgan fingerprint density at radius 3 is 2.37 bits per heavy atom. The molecule has 0 spiro atoms. The van der Waals surface area contributed by atoms with Crippen molar-refractivity contribution in [3.05, 3.63) is 65.2 Å². The summed E-state index contributed by atoms with van der Waals surface area (Å²) in [6.07, 6.45) is 0. The summed E-state index contributed by atoms with van der Waals surface area (Å²) in [7, 11) is 0.148. The fraction of sp³-hybridized carbons (Fsp3) is 0.263. The van der Waals surface area contributed by atoms with E-state index in [-0.39, 0.29) is 10.5 Å². The van der Waals surface area contributed by atoms with E-state index in [1.54, 1.807) is 6.07 Å². The molecular weight excluding hydrogens is 364 g/mol. The number of hydrogen-bond donors (Lipinski definition) is 3. The molecule has 8 heteroatoms. The van der Waals surface area contributed by atoms with Gasteiger partial charge in [-0.3, -0.25) is 4.79 Å². The van der Waals surface area contributed by atoms with Gasteiger partial charge in [0.2, 0.25) is 15.9 Å². The van der Waals surface area contributed by atoms with Crippen molar-refractivity contribution in [3.8, 4) is 6.07 Å². The van der Waals surface area contributed by atoms with E-state index in [0.717, 1.165) is 17.7 Å². The van der Waals surface area contributed by atoms with Crippen molar-refractivity contribution in [1.82, 2.24) is 10.0 Å². The number of amides is 1. The van der Waals surface area contributed by atoms with Crippen molar-refractivity contribution in [3.63, 3.8) is 0 Å². The first kappa shape index (κ1) is 20.6. The monoisotopic (exact) mass is 387 g/mol. The lowest BCUT2D eigenvalue weighted by atomic mass is 10.1. The number of nitrogens with zero attached hydrogens (tertiary/aromatic N) is 1. The van der Waals surface area contributed by atoms with E-state index in [0.29, 0.717) is 6.54 Å². The predicted octanol–water partition coefficient (Wildman–Crippen LogP) is -0.203. The van der Waals surface area contributed by atoms with E-state index in [2.05, 4.69) is 10.0 Å². The second-order valence-electron chi connectivity index (χ2n) is 6.36. The fourth-order valence-corrected chi connectivity index (χ4v) is 3.71. The molecule has 0 saturated carbocycles. The van der Waals surface area contributed by atoms with E-state index >= 15 is 0 Å². The molecule has 0 aliphatic heterocycles. The van der Waals surface area contributed by atoms with Crippen molar-refractivity contribution < 1.29 is 18.1 Å². The smallest absolute Gasteiger partial charge is 0.242 e. The van der Waals surface area contributed by atoms with Crippen LogP contribution < -0.4 is 14.9 Å². The largest absolute Gasteiger partial charge is 0.351 e. The van der Waals surface area contributed by atoms with Gasteiger partial charge in [0, 0.05) is 12.1 Å². The van der Waals surface area contributed by atoms with Crippen LogP contribution >= 0.6 is 0 Å². The van der Waals surface area contributed by atoms with Gasteiger partial charge in [-0.05, 0) is 17.7 Å². The minimum Gasteiger partial charge on any atom is -0.351 e. The summed E-state index contributed by atoms with van der Waals surface area (Å²) in [4.78, 5) is 13.2. The number of quaternary nitrogens is 1. The van der Waals surface area contributed by atoms with Gasteiger partial charge in [-0.1, -0.05) is 36.4 Å². The number of carbonyl (C=O) groups excluding carboxylic acids is 1. The van der Waals surface area contributed by atoms with E-state index in [9.17, 15) is 13.2 Å². The average molecular weight is 387 g/mol. The molecule has 0 atom stereocenters. The molecule has 7 nitrogen and oxygen atoms in total. The van der Waals surface area contributed by atoms with Gasteiger partial charge in [-0.25, -0.2) is 13.1 Å². The van der Waals surface area contributed by atoms with Crippen LogP contribution in [0, 0.1) is 11.3 Å². The molecule has 0 unspecified atom stereocenters. The van der Waals surface area contributed by atoms with Crippen LogP contribution in [-0.4, -0.2) is 35.0 Å². The van der Waals surface area contributed by atoms with Gasteiger partial charge in [0.1, 0.15) is 12.6 Å². The molecule has 2 rings (SSSR count). The van der Waals surface area contributed by atoms with Gasteiger partial charge < -0.3 is 10.2 Å². The summed E-state index contributed by atoms with van der Waals surface area (Å²) in [6.45, 7) is 0.742. The standard InChI is InChI=1S/C19H22N4O3S/c1-23(2)14-17-9-4-3-8-16(17)12-21-19(24)13-22-27(25,26)18-10-6-5-7-15(18)11-20/h3-10,22H,12-14H2,1-2H3,(H,21,24)/p+1. The Morgan fingerprint density at radius 2 is 1.70 bits per heavy atom. The number of nitriles is 1. The number of hydrogen-bond acceptors (Lipinski definition) is 4. The van der Waals surface area contributed by atoms with Crippen molar-refractivity contribution in [2.45, 2.75) is 18.0 Å². The summed E-state index contributed by atoms with van der Waals surface area (Å²) in [6, 6.07) is 15.5. The Labute approximate surface area is 159 Å². The number of rotatable bonds is 8. The molecule has 0 radical (unpaired) electrons. The van der Waals surface area contributed by atoms with Crippen molar-refractivity contribution in [1.29, 1.82) is 5.26 Å². The number of benzene rings is 2. The zero-order valence-corrected chi connectivity index (χ0v) is 16.1. The Morgan fingerprint density at radius 1 is 1.07 bits per heavy atom. The summed E-state index contributed by atoms with van der Waals surface area (Å²) in [5.74, 6) is -0.444. The molecule has 2 aromatic carbocycles. The van der Waals surface area contributed by atoms with E-state index in [1.165, 1.54) is 23.1 Å². The van der Waals surface area contributed by atoms with Crippen LogP contribution in [-0.2, 0) is 27.9 Å². The molecule has 0 bridgehead atoms. The fourth-order valence-electron chi connectivity index (χ4n) is 2.57. The van der Waals surface area contributed by atoms with Gasteiger partial charge in [-0.15, -0.1) is 0 Å². The molecule has 0 aliphatic carbocycles. The minimum atomic E-state index is -3.94. The lowest BCUT2D eigenvalue weighted by Gasteiger charge is -2.13. The van der Waals surface area contributed by atoms with E-state index in [4.69, 9.17) is 5.26 Å². The molecule has 0 aromatic heterocycles. The molecule has 27 heavy (non-hydrogen) atoms. The van der Waals surface area contributed by atoms with Gasteiger partial charge in [-0.2, -0.15) is 5.26 Å². The van der Waals surface area contributed by atoms with Gasteiger partial charge in [0.15, 0.2) is 0 Å². The summed E-state index contributed by atoms with van der Waals surface area (Å²) >= 11 is 0. The maximum Gasteiger partial charge on any atom is 0.242 e. The van der Waals surface area contributed by atoms with Crippen LogP contribution in [0.15, 0.2) is 53.4 Å². The molecule has 3 N–H and O–H groups in total. The van der Waals surface area contributed by atoms with Gasteiger partial charge in [0.05, 0.1) is 31.1 Å². The molecule has 0 heterocycles. The zero-order valence-electron chi connectivity index (χ0n) is 15.3. The molecule has 0 aliphatic rings. The topological polar surface area (TPSA) is 104 Å². The summed E-state index contributed by atoms with van der Waals surface area (Å²) < 4.78 is 26.9. The first-order valence-electron chi connectivity index (χ1n) is 8.45. The maximum absolute atomic E-state index is 12.3. The predicted molar refractivity (Wildman–Crippen MR) is 101 cm³/mol. The lowest BCUT2D eigenvalue weighted by molar-refractivity contribution is -0.872. The average Bonchev–Trinajstić information content (AvgIpc) is 2.65. The first-order valence-corrected chi connectivity index (χ1v) is 9.93. The summed E-state index contributed by atoms with van der Waals surface area (Å²) in [5.41, 5.74) is 2.15. The number of nitrogens with one attached hydrogen (secondary N) is 3. The van der Waals surface area contributed by atoms with Crippen LogP contribution in [0.5, 0.6) is 0 Å².